The molecule has 3 rings (SSSR count). The van der Waals surface area contributed by atoms with Crippen molar-refractivity contribution in [2.75, 3.05) is 0 Å². The summed E-state index contributed by atoms with van der Waals surface area (Å²) < 4.78 is 0. The van der Waals surface area contributed by atoms with Gasteiger partial charge in [-0.1, -0.05) is 24.3 Å². The highest BCUT2D eigenvalue weighted by atomic mass is 35.5. The molecule has 0 radical (unpaired) electrons. The number of fused-ring (bicyclic) bond motifs is 1. The van der Waals surface area contributed by atoms with Gasteiger partial charge in [0.1, 0.15) is 0 Å². The molecule has 104 valence electrons. The molecule has 0 aliphatic heterocycles. The molecule has 0 spiro atoms. The number of benzene rings is 1. The highest BCUT2D eigenvalue weighted by molar-refractivity contribution is 5.85. The molecular formula is C15H21ClN2O. The van der Waals surface area contributed by atoms with Gasteiger partial charge in [-0.25, -0.2) is 0 Å². The molecule has 1 unspecified atom stereocenters. The van der Waals surface area contributed by atoms with Crippen LogP contribution in [0.15, 0.2) is 24.3 Å². The Morgan fingerprint density at radius 2 is 2.00 bits per heavy atom. The minimum Gasteiger partial charge on any atom is -0.331 e. The molecule has 1 saturated carbocycles. The molecule has 1 aromatic carbocycles. The number of amides is 1. The second-order valence-corrected chi connectivity index (χ2v) is 5.52. The summed E-state index contributed by atoms with van der Waals surface area (Å²) in [5.74, 6) is 0.110. The Morgan fingerprint density at radius 3 is 2.63 bits per heavy atom. The fourth-order valence-corrected chi connectivity index (χ4v) is 3.00. The quantitative estimate of drug-likeness (QED) is 0.924. The maximum absolute atomic E-state index is 12.3. The topological polar surface area (TPSA) is 46.3 Å². The Morgan fingerprint density at radius 1 is 1.32 bits per heavy atom. The predicted octanol–water partition coefficient (Wildman–Crippen LogP) is 2.43. The number of aryl methyl sites for hydroxylation is 1. The molecule has 2 aliphatic carbocycles. The summed E-state index contributed by atoms with van der Waals surface area (Å²) in [6, 6.07) is 8.78. The van der Waals surface area contributed by atoms with Crippen molar-refractivity contribution in [1.82, 2.24) is 4.90 Å². The van der Waals surface area contributed by atoms with E-state index < -0.39 is 6.04 Å². The van der Waals surface area contributed by atoms with E-state index in [1.54, 1.807) is 6.92 Å². The molecule has 0 aromatic heterocycles. The molecule has 1 amide bonds. The molecule has 0 bridgehead atoms. The van der Waals surface area contributed by atoms with Gasteiger partial charge in [0.25, 0.3) is 0 Å². The molecule has 1 aromatic rings. The van der Waals surface area contributed by atoms with Gasteiger partial charge in [-0.2, -0.15) is 0 Å². The molecule has 4 heteroatoms. The Bertz CT molecular complexity index is 471. The highest BCUT2D eigenvalue weighted by Crippen LogP contribution is 2.41. The lowest BCUT2D eigenvalue weighted by atomic mass is 10.1. The molecule has 0 heterocycles. The monoisotopic (exact) mass is 280 g/mol. The van der Waals surface area contributed by atoms with Crippen LogP contribution in [0.3, 0.4) is 0 Å². The SMILES string of the molecule is C[C@H](N)C(=O)N(C1CC1)C1CCc2ccccc21.Cl. The van der Waals surface area contributed by atoms with E-state index in [0.29, 0.717) is 6.04 Å². The van der Waals surface area contributed by atoms with Gasteiger partial charge >= 0.3 is 0 Å². The largest absolute Gasteiger partial charge is 0.331 e. The van der Waals surface area contributed by atoms with Crippen molar-refractivity contribution in [3.8, 4) is 0 Å². The minimum absolute atomic E-state index is 0. The number of carbonyl (C=O) groups is 1. The van der Waals surface area contributed by atoms with Crippen LogP contribution in [-0.4, -0.2) is 22.9 Å². The first kappa shape index (κ1) is 14.4. The van der Waals surface area contributed by atoms with Crippen LogP contribution in [0, 0.1) is 0 Å². The standard InChI is InChI=1S/C15H20N2O.ClH/c1-10(16)15(18)17(12-7-8-12)14-9-6-11-4-2-3-5-13(11)14;/h2-5,10,12,14H,6-9,16H2,1H3;1H/t10-,14?;/m0./s1. The highest BCUT2D eigenvalue weighted by Gasteiger charge is 2.40. The Labute approximate surface area is 120 Å². The normalized spacial score (nSPS) is 22.3. The maximum atomic E-state index is 12.3. The maximum Gasteiger partial charge on any atom is 0.239 e. The number of nitrogens with two attached hydrogens (primary N) is 1. The molecule has 3 nitrogen and oxygen atoms in total. The molecule has 0 saturated heterocycles. The number of rotatable bonds is 3. The first-order valence-electron chi connectivity index (χ1n) is 6.84. The van der Waals surface area contributed by atoms with Crippen LogP contribution in [0.1, 0.15) is 43.4 Å². The van der Waals surface area contributed by atoms with Crippen LogP contribution in [0.5, 0.6) is 0 Å². The Kier molecular flexibility index (Phi) is 4.16. The second kappa shape index (κ2) is 5.51. The fraction of sp³-hybridized carbons (Fsp3) is 0.533. The summed E-state index contributed by atoms with van der Waals surface area (Å²) in [6.45, 7) is 1.79. The lowest BCUT2D eigenvalue weighted by Crippen LogP contribution is -2.44. The van der Waals surface area contributed by atoms with Crippen molar-refractivity contribution in [1.29, 1.82) is 0 Å². The van der Waals surface area contributed by atoms with Crippen molar-refractivity contribution >= 4 is 18.3 Å². The predicted molar refractivity (Wildman–Crippen MR) is 78.3 cm³/mol. The van der Waals surface area contributed by atoms with Crippen LogP contribution in [0.4, 0.5) is 0 Å². The van der Waals surface area contributed by atoms with Gasteiger partial charge in [0.15, 0.2) is 0 Å². The van der Waals surface area contributed by atoms with Crippen molar-refractivity contribution in [3.63, 3.8) is 0 Å². The fourth-order valence-electron chi connectivity index (χ4n) is 3.00. The molecule has 2 N–H and O–H groups in total. The molecule has 19 heavy (non-hydrogen) atoms. The van der Waals surface area contributed by atoms with E-state index in [1.165, 1.54) is 11.1 Å². The van der Waals surface area contributed by atoms with E-state index in [9.17, 15) is 4.79 Å². The summed E-state index contributed by atoms with van der Waals surface area (Å²) >= 11 is 0. The molecule has 2 aliphatic rings. The first-order valence-corrected chi connectivity index (χ1v) is 6.84. The Balaban J connectivity index is 0.00000133. The van der Waals surface area contributed by atoms with E-state index in [0.717, 1.165) is 25.7 Å². The van der Waals surface area contributed by atoms with Gasteiger partial charge in [-0.05, 0) is 43.7 Å². The van der Waals surface area contributed by atoms with Crippen LogP contribution in [0.25, 0.3) is 0 Å². The Hall–Kier alpha value is -1.06. The zero-order valence-corrected chi connectivity index (χ0v) is 12.0. The van der Waals surface area contributed by atoms with Crippen LogP contribution >= 0.6 is 12.4 Å². The summed E-state index contributed by atoms with van der Waals surface area (Å²) in [6.07, 6.45) is 4.40. The van der Waals surface area contributed by atoms with E-state index in [2.05, 4.69) is 29.2 Å². The smallest absolute Gasteiger partial charge is 0.239 e. The zero-order chi connectivity index (χ0) is 12.7. The van der Waals surface area contributed by atoms with Crippen LogP contribution < -0.4 is 5.73 Å². The first-order chi connectivity index (χ1) is 8.68. The van der Waals surface area contributed by atoms with E-state index in [-0.39, 0.29) is 24.4 Å². The minimum atomic E-state index is -0.390. The van der Waals surface area contributed by atoms with Crippen LogP contribution in [-0.2, 0) is 11.2 Å². The van der Waals surface area contributed by atoms with Gasteiger partial charge < -0.3 is 10.6 Å². The number of carbonyl (C=O) groups excluding carboxylic acids is 1. The zero-order valence-electron chi connectivity index (χ0n) is 11.2. The van der Waals surface area contributed by atoms with Gasteiger partial charge in [-0.3, -0.25) is 4.79 Å². The van der Waals surface area contributed by atoms with E-state index in [1.807, 2.05) is 0 Å². The third-order valence-electron chi connectivity index (χ3n) is 4.02. The van der Waals surface area contributed by atoms with Gasteiger partial charge in [0, 0.05) is 6.04 Å². The lowest BCUT2D eigenvalue weighted by Gasteiger charge is -2.31. The molecule has 1 fully saturated rings. The van der Waals surface area contributed by atoms with Gasteiger partial charge in [0.2, 0.25) is 5.91 Å². The number of hydrogen-bond donors (Lipinski definition) is 1. The third-order valence-corrected chi connectivity index (χ3v) is 4.02. The van der Waals surface area contributed by atoms with Gasteiger partial charge in [0.05, 0.1) is 12.1 Å². The van der Waals surface area contributed by atoms with E-state index in [4.69, 9.17) is 5.73 Å². The van der Waals surface area contributed by atoms with Crippen LogP contribution in [0.2, 0.25) is 0 Å². The summed E-state index contributed by atoms with van der Waals surface area (Å²) in [7, 11) is 0. The average Bonchev–Trinajstić information content (AvgIpc) is 3.10. The van der Waals surface area contributed by atoms with Gasteiger partial charge in [-0.15, -0.1) is 12.4 Å². The third kappa shape index (κ3) is 2.63. The number of halogens is 1. The summed E-state index contributed by atoms with van der Waals surface area (Å²) in [5.41, 5.74) is 8.52. The molecular weight excluding hydrogens is 260 g/mol. The van der Waals surface area contributed by atoms with Crippen molar-refractivity contribution < 1.29 is 4.79 Å². The summed E-state index contributed by atoms with van der Waals surface area (Å²) in [4.78, 5) is 14.4. The number of hydrogen-bond acceptors (Lipinski definition) is 2. The van der Waals surface area contributed by atoms with Crippen molar-refractivity contribution in [3.05, 3.63) is 35.4 Å². The van der Waals surface area contributed by atoms with Crippen molar-refractivity contribution in [2.45, 2.75) is 50.7 Å². The summed E-state index contributed by atoms with van der Waals surface area (Å²) in [5, 5.41) is 0. The lowest BCUT2D eigenvalue weighted by molar-refractivity contribution is -0.135. The second-order valence-electron chi connectivity index (χ2n) is 5.52. The number of nitrogens with zero attached hydrogens (tertiary/aromatic N) is 1. The molecule has 2 atom stereocenters. The van der Waals surface area contributed by atoms with Crippen molar-refractivity contribution in [2.24, 2.45) is 5.73 Å². The average molecular weight is 281 g/mol. The van der Waals surface area contributed by atoms with E-state index >= 15 is 0 Å².